The second kappa shape index (κ2) is 5.62. The van der Waals surface area contributed by atoms with Gasteiger partial charge in [0.25, 0.3) is 0 Å². The quantitative estimate of drug-likeness (QED) is 0.862. The van der Waals surface area contributed by atoms with Crippen molar-refractivity contribution >= 4 is 10.0 Å². The maximum absolute atomic E-state index is 13.8. The van der Waals surface area contributed by atoms with Crippen LogP contribution in [0.25, 0.3) is 0 Å². The van der Waals surface area contributed by atoms with E-state index in [0.29, 0.717) is 0 Å². The second-order valence-corrected chi connectivity index (χ2v) is 10.6. The highest BCUT2D eigenvalue weighted by Crippen LogP contribution is 2.46. The predicted octanol–water partition coefficient (Wildman–Crippen LogP) is 3.94. The third kappa shape index (κ3) is 4.99. The molecule has 3 heteroatoms. The van der Waals surface area contributed by atoms with E-state index in [1.165, 1.54) is 5.56 Å². The van der Waals surface area contributed by atoms with Gasteiger partial charge in [-0.2, -0.15) is 0 Å². The Morgan fingerprint density at radius 3 is 2.33 bits per heavy atom. The molecule has 1 nitrogen and oxygen atoms in total. The van der Waals surface area contributed by atoms with Crippen molar-refractivity contribution < 1.29 is 4.39 Å². The van der Waals surface area contributed by atoms with Crippen LogP contribution in [0.5, 0.6) is 0 Å². The highest BCUT2D eigenvalue weighted by Gasteiger charge is 2.15. The first-order valence-corrected chi connectivity index (χ1v) is 9.21. The molecule has 1 rings (SSSR count). The van der Waals surface area contributed by atoms with Gasteiger partial charge in [-0.25, -0.2) is 14.4 Å². The summed E-state index contributed by atoms with van der Waals surface area (Å²) in [6.45, 7) is 4.09. The highest BCUT2D eigenvalue weighted by molar-refractivity contribution is 8.32. The number of nitrogens with two attached hydrogens (primary N) is 1. The summed E-state index contributed by atoms with van der Waals surface area (Å²) in [6, 6.07) is 5.54. The van der Waals surface area contributed by atoms with Gasteiger partial charge in [-0.05, 0) is 69.6 Å². The summed E-state index contributed by atoms with van der Waals surface area (Å²) in [5.74, 6) is -0.0691. The average molecular weight is 271 g/mol. The molecule has 0 saturated carbocycles. The van der Waals surface area contributed by atoms with Gasteiger partial charge in [0.05, 0.1) is 0 Å². The van der Waals surface area contributed by atoms with E-state index in [4.69, 9.17) is 5.73 Å². The second-order valence-electron chi connectivity index (χ2n) is 6.44. The summed E-state index contributed by atoms with van der Waals surface area (Å²) < 4.78 is 13.8. The molecule has 0 spiro atoms. The van der Waals surface area contributed by atoms with Crippen LogP contribution in [0, 0.1) is 5.82 Å². The van der Waals surface area contributed by atoms with E-state index < -0.39 is 10.0 Å². The van der Waals surface area contributed by atoms with Crippen molar-refractivity contribution in [1.82, 2.24) is 0 Å². The van der Waals surface area contributed by atoms with Gasteiger partial charge in [0.2, 0.25) is 0 Å². The summed E-state index contributed by atoms with van der Waals surface area (Å²) in [6.07, 6.45) is 9.38. The molecule has 0 unspecified atom stereocenters. The molecular formula is C15H26FNS. The molecular weight excluding hydrogens is 245 g/mol. The third-order valence-electron chi connectivity index (χ3n) is 2.94. The van der Waals surface area contributed by atoms with Crippen LogP contribution in [-0.4, -0.2) is 24.3 Å². The SMILES string of the molecule is CC(C)(N)CCCc1ccc(F)c(S(C)(C)C)c1. The fraction of sp³-hybridized carbons (Fsp3) is 0.600. The topological polar surface area (TPSA) is 26.0 Å². The largest absolute Gasteiger partial charge is 0.326 e. The van der Waals surface area contributed by atoms with Gasteiger partial charge in [0.1, 0.15) is 5.82 Å². The molecule has 0 radical (unpaired) electrons. The number of hydrogen-bond acceptors (Lipinski definition) is 1. The number of benzene rings is 1. The van der Waals surface area contributed by atoms with Crippen molar-refractivity contribution in [2.75, 3.05) is 18.8 Å². The molecule has 0 atom stereocenters. The lowest BCUT2D eigenvalue weighted by Gasteiger charge is -2.27. The van der Waals surface area contributed by atoms with Gasteiger partial charge in [-0.1, -0.05) is 6.07 Å². The minimum atomic E-state index is -1.01. The van der Waals surface area contributed by atoms with E-state index in [2.05, 4.69) is 18.8 Å². The van der Waals surface area contributed by atoms with Crippen molar-refractivity contribution in [3.8, 4) is 0 Å². The van der Waals surface area contributed by atoms with Gasteiger partial charge in [0, 0.05) is 10.4 Å². The first-order chi connectivity index (χ1) is 8.09. The molecule has 0 aliphatic carbocycles. The van der Waals surface area contributed by atoms with Crippen LogP contribution in [0.3, 0.4) is 0 Å². The lowest BCUT2D eigenvalue weighted by molar-refractivity contribution is 0.459. The van der Waals surface area contributed by atoms with Crippen molar-refractivity contribution in [3.05, 3.63) is 29.6 Å². The molecule has 0 aromatic heterocycles. The smallest absolute Gasteiger partial charge is 0.135 e. The number of aryl methyl sites for hydroxylation is 1. The fourth-order valence-corrected chi connectivity index (χ4v) is 3.08. The zero-order chi connectivity index (χ0) is 14.0. The zero-order valence-electron chi connectivity index (χ0n) is 12.2. The van der Waals surface area contributed by atoms with Crippen LogP contribution in [0.2, 0.25) is 0 Å². The Kier molecular flexibility index (Phi) is 4.84. The number of hydrogen-bond donors (Lipinski definition) is 1. The molecule has 0 aliphatic rings. The molecule has 0 heterocycles. The predicted molar refractivity (Wildman–Crippen MR) is 81.2 cm³/mol. The van der Waals surface area contributed by atoms with Gasteiger partial charge >= 0.3 is 0 Å². The standard InChI is InChI=1S/C15H26FNS/c1-15(2,17)10-6-7-12-8-9-13(16)14(11-12)18(3,4)5/h8-9,11H,6-7,10,17H2,1-5H3. The minimum Gasteiger partial charge on any atom is -0.326 e. The van der Waals surface area contributed by atoms with Gasteiger partial charge in [0.15, 0.2) is 0 Å². The lowest BCUT2D eigenvalue weighted by Crippen LogP contribution is -2.31. The van der Waals surface area contributed by atoms with E-state index in [1.54, 1.807) is 6.07 Å². The van der Waals surface area contributed by atoms with Crippen LogP contribution >= 0.6 is 10.0 Å². The van der Waals surface area contributed by atoms with Crippen molar-refractivity contribution in [2.24, 2.45) is 5.73 Å². The van der Waals surface area contributed by atoms with E-state index in [1.807, 2.05) is 26.0 Å². The minimum absolute atomic E-state index is 0.0691. The lowest BCUT2D eigenvalue weighted by atomic mass is 9.97. The maximum atomic E-state index is 13.8. The average Bonchev–Trinajstić information content (AvgIpc) is 2.17. The summed E-state index contributed by atoms with van der Waals surface area (Å²) >= 11 is 0. The number of halogens is 1. The van der Waals surface area contributed by atoms with Gasteiger partial charge < -0.3 is 5.73 Å². The normalized spacial score (nSPS) is 13.7. The van der Waals surface area contributed by atoms with Crippen LogP contribution < -0.4 is 5.73 Å². The Morgan fingerprint density at radius 1 is 1.22 bits per heavy atom. The third-order valence-corrected chi connectivity index (χ3v) is 4.57. The Hall–Kier alpha value is -0.540. The van der Waals surface area contributed by atoms with Crippen molar-refractivity contribution in [1.29, 1.82) is 0 Å². The highest BCUT2D eigenvalue weighted by atomic mass is 32.3. The van der Waals surface area contributed by atoms with E-state index in [9.17, 15) is 4.39 Å². The zero-order valence-corrected chi connectivity index (χ0v) is 13.0. The van der Waals surface area contributed by atoms with Gasteiger partial charge in [-0.15, -0.1) is 0 Å². The molecule has 1 aromatic carbocycles. The monoisotopic (exact) mass is 271 g/mol. The Bertz CT molecular complexity index is 402. The molecule has 0 saturated heterocycles. The first kappa shape index (κ1) is 15.5. The molecule has 2 N–H and O–H groups in total. The van der Waals surface area contributed by atoms with Gasteiger partial charge in [-0.3, -0.25) is 0 Å². The van der Waals surface area contributed by atoms with Crippen LogP contribution in [0.15, 0.2) is 23.1 Å². The van der Waals surface area contributed by atoms with E-state index >= 15 is 0 Å². The molecule has 0 aliphatic heterocycles. The van der Waals surface area contributed by atoms with Crippen LogP contribution in [-0.2, 0) is 6.42 Å². The summed E-state index contributed by atoms with van der Waals surface area (Å²) in [5.41, 5.74) is 7.07. The Labute approximate surface area is 112 Å². The molecule has 1 aromatic rings. The molecule has 18 heavy (non-hydrogen) atoms. The summed E-state index contributed by atoms with van der Waals surface area (Å²) in [7, 11) is -1.01. The molecule has 0 fully saturated rings. The Morgan fingerprint density at radius 2 is 1.83 bits per heavy atom. The van der Waals surface area contributed by atoms with Crippen LogP contribution in [0.4, 0.5) is 4.39 Å². The summed E-state index contributed by atoms with van der Waals surface area (Å²) in [5, 5.41) is 0. The van der Waals surface area contributed by atoms with E-state index in [-0.39, 0.29) is 11.4 Å². The molecule has 0 amide bonds. The van der Waals surface area contributed by atoms with E-state index in [0.717, 1.165) is 24.2 Å². The van der Waals surface area contributed by atoms with Crippen molar-refractivity contribution in [2.45, 2.75) is 43.5 Å². The Balaban J connectivity index is 2.74. The number of rotatable bonds is 5. The summed E-state index contributed by atoms with van der Waals surface area (Å²) in [4.78, 5) is 0.881. The van der Waals surface area contributed by atoms with Crippen molar-refractivity contribution in [3.63, 3.8) is 0 Å². The molecule has 0 bridgehead atoms. The van der Waals surface area contributed by atoms with Crippen LogP contribution in [0.1, 0.15) is 32.3 Å². The maximum Gasteiger partial charge on any atom is 0.135 e. The fourth-order valence-electron chi connectivity index (χ4n) is 1.92. The first-order valence-electron chi connectivity index (χ1n) is 6.35. The molecule has 104 valence electrons.